The smallest absolute Gasteiger partial charge is 0.274 e. The number of carbonyl (C=O) groups excluding carboxylic acids is 2. The molecule has 0 aliphatic rings. The van der Waals surface area contributed by atoms with Crippen LogP contribution in [0, 0.1) is 6.92 Å². The van der Waals surface area contributed by atoms with Crippen molar-refractivity contribution in [3.05, 3.63) is 65.9 Å². The highest BCUT2D eigenvalue weighted by Crippen LogP contribution is 2.23. The van der Waals surface area contributed by atoms with E-state index in [0.29, 0.717) is 34.0 Å². The number of nitrogens with zero attached hydrogens (tertiary/aromatic N) is 4. The van der Waals surface area contributed by atoms with E-state index >= 15 is 0 Å². The molecule has 9 nitrogen and oxygen atoms in total. The Bertz CT molecular complexity index is 1160. The van der Waals surface area contributed by atoms with E-state index in [-0.39, 0.29) is 5.91 Å². The first-order chi connectivity index (χ1) is 13.0. The fourth-order valence-corrected chi connectivity index (χ4v) is 2.68. The Hall–Kier alpha value is -4.01. The highest BCUT2D eigenvalue weighted by atomic mass is 16.5. The third-order valence-electron chi connectivity index (χ3n) is 4.14. The molecular weight excluding hydrogens is 348 g/mol. The second-order valence-corrected chi connectivity index (χ2v) is 5.89. The van der Waals surface area contributed by atoms with Crippen molar-refractivity contribution in [2.45, 2.75) is 6.92 Å². The van der Waals surface area contributed by atoms with Crippen molar-refractivity contribution in [2.24, 2.45) is 5.73 Å². The molecule has 0 saturated carbocycles. The fourth-order valence-electron chi connectivity index (χ4n) is 2.68. The summed E-state index contributed by atoms with van der Waals surface area (Å²) < 4.78 is 6.34. The molecule has 0 fully saturated rings. The Kier molecular flexibility index (Phi) is 3.88. The van der Waals surface area contributed by atoms with Gasteiger partial charge in [0, 0.05) is 23.0 Å². The fraction of sp³-hybridized carbons (Fsp3) is 0.0556. The zero-order valence-electron chi connectivity index (χ0n) is 14.2. The van der Waals surface area contributed by atoms with Crippen LogP contribution in [-0.4, -0.2) is 31.3 Å². The van der Waals surface area contributed by atoms with Crippen LogP contribution in [0.1, 0.15) is 26.4 Å². The van der Waals surface area contributed by atoms with Gasteiger partial charge >= 0.3 is 0 Å². The summed E-state index contributed by atoms with van der Waals surface area (Å²) in [4.78, 5) is 32.2. The predicted octanol–water partition coefficient (Wildman–Crippen LogP) is 2.04. The number of carbonyl (C=O) groups is 2. The second kappa shape index (κ2) is 6.37. The molecule has 3 N–H and O–H groups in total. The maximum atomic E-state index is 12.7. The molecule has 4 aromatic rings. The number of hydrogen-bond donors (Lipinski definition) is 2. The van der Waals surface area contributed by atoms with E-state index < -0.39 is 5.91 Å². The lowest BCUT2D eigenvalue weighted by molar-refractivity contribution is 0.0998. The molecule has 0 saturated heterocycles. The number of primary amides is 1. The van der Waals surface area contributed by atoms with Crippen LogP contribution in [0.5, 0.6) is 0 Å². The first-order valence-electron chi connectivity index (χ1n) is 7.98. The molecule has 3 aromatic heterocycles. The molecule has 0 spiro atoms. The molecule has 27 heavy (non-hydrogen) atoms. The van der Waals surface area contributed by atoms with Gasteiger partial charge in [-0.2, -0.15) is 4.98 Å². The van der Waals surface area contributed by atoms with Gasteiger partial charge in [-0.05, 0) is 30.7 Å². The standard InChI is InChI=1S/C18H14N6O3/c1-10-2-3-12(17-21-9-27-23-17)6-13(10)22-18(26)14-8-20-15-7-11(16(19)25)4-5-24(14)15/h2-9H,1H3,(H2,19,25)(H,22,26). The van der Waals surface area contributed by atoms with Crippen LogP contribution < -0.4 is 11.1 Å². The summed E-state index contributed by atoms with van der Waals surface area (Å²) in [5.41, 5.74) is 8.58. The molecule has 9 heteroatoms. The van der Waals surface area contributed by atoms with Gasteiger partial charge in [-0.1, -0.05) is 17.3 Å². The van der Waals surface area contributed by atoms with Gasteiger partial charge in [-0.3, -0.25) is 14.0 Å². The number of nitrogens with two attached hydrogens (primary N) is 1. The number of pyridine rings is 1. The van der Waals surface area contributed by atoms with E-state index in [2.05, 4.69) is 20.4 Å². The van der Waals surface area contributed by atoms with Crippen molar-refractivity contribution in [3.63, 3.8) is 0 Å². The summed E-state index contributed by atoms with van der Waals surface area (Å²) in [7, 11) is 0. The highest BCUT2D eigenvalue weighted by molar-refractivity contribution is 6.04. The lowest BCUT2D eigenvalue weighted by Gasteiger charge is -2.09. The van der Waals surface area contributed by atoms with Crippen LogP contribution >= 0.6 is 0 Å². The minimum absolute atomic E-state index is 0.323. The summed E-state index contributed by atoms with van der Waals surface area (Å²) in [6.45, 7) is 1.88. The number of fused-ring (bicyclic) bond motifs is 1. The van der Waals surface area contributed by atoms with Crippen molar-refractivity contribution in [3.8, 4) is 11.4 Å². The third kappa shape index (κ3) is 3.01. The molecule has 0 bridgehead atoms. The molecule has 0 atom stereocenters. The van der Waals surface area contributed by atoms with Gasteiger partial charge in [0.25, 0.3) is 5.91 Å². The lowest BCUT2D eigenvalue weighted by atomic mass is 10.1. The number of anilines is 1. The molecule has 0 unspecified atom stereocenters. The molecule has 0 radical (unpaired) electrons. The molecule has 0 aliphatic heterocycles. The Morgan fingerprint density at radius 1 is 1.19 bits per heavy atom. The van der Waals surface area contributed by atoms with Crippen LogP contribution in [0.4, 0.5) is 5.69 Å². The van der Waals surface area contributed by atoms with Gasteiger partial charge in [0.2, 0.25) is 18.1 Å². The van der Waals surface area contributed by atoms with Crippen LogP contribution in [-0.2, 0) is 0 Å². The monoisotopic (exact) mass is 362 g/mol. The molecular formula is C18H14N6O3. The summed E-state index contributed by atoms with van der Waals surface area (Å²) in [5, 5.41) is 6.67. The number of amides is 2. The molecule has 3 heterocycles. The largest absolute Gasteiger partial charge is 0.366 e. The number of aromatic nitrogens is 4. The summed E-state index contributed by atoms with van der Waals surface area (Å²) >= 11 is 0. The predicted molar refractivity (Wildman–Crippen MR) is 96.1 cm³/mol. The summed E-state index contributed by atoms with van der Waals surface area (Å²) in [6.07, 6.45) is 4.26. The van der Waals surface area contributed by atoms with E-state index in [1.807, 2.05) is 19.1 Å². The Labute approximate surface area is 152 Å². The zero-order valence-corrected chi connectivity index (χ0v) is 14.2. The maximum Gasteiger partial charge on any atom is 0.274 e. The molecule has 134 valence electrons. The minimum Gasteiger partial charge on any atom is -0.366 e. The number of hydrogen-bond acceptors (Lipinski definition) is 6. The zero-order chi connectivity index (χ0) is 19.0. The van der Waals surface area contributed by atoms with Gasteiger partial charge in [0.15, 0.2) is 0 Å². The highest BCUT2D eigenvalue weighted by Gasteiger charge is 2.15. The molecule has 1 aromatic carbocycles. The first kappa shape index (κ1) is 16.5. The van der Waals surface area contributed by atoms with E-state index in [1.54, 1.807) is 16.7 Å². The topological polar surface area (TPSA) is 128 Å². The van der Waals surface area contributed by atoms with Crippen molar-refractivity contribution in [1.29, 1.82) is 0 Å². The van der Waals surface area contributed by atoms with E-state index in [9.17, 15) is 9.59 Å². The van der Waals surface area contributed by atoms with E-state index in [0.717, 1.165) is 5.56 Å². The Balaban J connectivity index is 1.66. The number of imidazole rings is 1. The minimum atomic E-state index is -0.555. The quantitative estimate of drug-likeness (QED) is 0.572. The molecule has 0 aliphatic carbocycles. The second-order valence-electron chi connectivity index (χ2n) is 5.89. The number of nitrogens with one attached hydrogen (secondary N) is 1. The molecule has 4 rings (SSSR count). The lowest BCUT2D eigenvalue weighted by Crippen LogP contribution is -2.16. The SMILES string of the molecule is Cc1ccc(-c2ncon2)cc1NC(=O)c1cnc2cc(C(N)=O)ccn12. The normalized spacial score (nSPS) is 10.9. The van der Waals surface area contributed by atoms with Crippen molar-refractivity contribution >= 4 is 23.1 Å². The van der Waals surface area contributed by atoms with Crippen molar-refractivity contribution in [1.82, 2.24) is 19.5 Å². The van der Waals surface area contributed by atoms with Gasteiger partial charge in [0.1, 0.15) is 11.3 Å². The van der Waals surface area contributed by atoms with Crippen LogP contribution in [0.3, 0.4) is 0 Å². The third-order valence-corrected chi connectivity index (χ3v) is 4.14. The van der Waals surface area contributed by atoms with Gasteiger partial charge in [0.05, 0.1) is 6.20 Å². The summed E-state index contributed by atoms with van der Waals surface area (Å²) in [6, 6.07) is 8.54. The first-order valence-corrected chi connectivity index (χ1v) is 7.98. The van der Waals surface area contributed by atoms with Crippen molar-refractivity contribution in [2.75, 3.05) is 5.32 Å². The number of rotatable bonds is 4. The van der Waals surface area contributed by atoms with Crippen LogP contribution in [0.15, 0.2) is 53.6 Å². The maximum absolute atomic E-state index is 12.7. The van der Waals surface area contributed by atoms with Crippen LogP contribution in [0.2, 0.25) is 0 Å². The van der Waals surface area contributed by atoms with Gasteiger partial charge in [-0.25, -0.2) is 4.98 Å². The number of benzene rings is 1. The average molecular weight is 362 g/mol. The Morgan fingerprint density at radius 2 is 2.04 bits per heavy atom. The summed E-state index contributed by atoms with van der Waals surface area (Å²) in [5.74, 6) is -0.470. The van der Waals surface area contributed by atoms with Gasteiger partial charge in [-0.15, -0.1) is 0 Å². The molecule has 2 amide bonds. The number of aryl methyl sites for hydroxylation is 1. The Morgan fingerprint density at radius 3 is 2.78 bits per heavy atom. The van der Waals surface area contributed by atoms with E-state index in [1.165, 1.54) is 24.7 Å². The van der Waals surface area contributed by atoms with Crippen LogP contribution in [0.25, 0.3) is 17.0 Å². The van der Waals surface area contributed by atoms with E-state index in [4.69, 9.17) is 10.3 Å². The average Bonchev–Trinajstić information content (AvgIpc) is 3.32. The van der Waals surface area contributed by atoms with Crippen molar-refractivity contribution < 1.29 is 14.1 Å². The van der Waals surface area contributed by atoms with Gasteiger partial charge < -0.3 is 15.6 Å².